The molecule has 1 fully saturated rings. The molecule has 3 nitrogen and oxygen atoms in total. The highest BCUT2D eigenvalue weighted by Gasteiger charge is 2.24. The van der Waals surface area contributed by atoms with Crippen LogP contribution in [0.2, 0.25) is 0 Å². The first-order valence-corrected chi connectivity index (χ1v) is 7.02. The summed E-state index contributed by atoms with van der Waals surface area (Å²) in [5.74, 6) is -0.268. The van der Waals surface area contributed by atoms with Crippen molar-refractivity contribution in [2.24, 2.45) is 0 Å². The minimum absolute atomic E-state index is 0.268. The Hall–Kier alpha value is -1.68. The summed E-state index contributed by atoms with van der Waals surface area (Å²) >= 11 is 0. The van der Waals surface area contributed by atoms with Gasteiger partial charge in [0.2, 0.25) is 0 Å². The normalized spacial score (nSPS) is 22.4. The van der Waals surface area contributed by atoms with Gasteiger partial charge in [0.1, 0.15) is 11.3 Å². The fourth-order valence-electron chi connectivity index (χ4n) is 2.97. The minimum atomic E-state index is -0.268. The Bertz CT molecular complexity index is 629. The third-order valence-electron chi connectivity index (χ3n) is 4.00. The van der Waals surface area contributed by atoms with E-state index in [1.54, 1.807) is 13.2 Å². The van der Waals surface area contributed by atoms with Gasteiger partial charge in [-0.25, -0.2) is 9.37 Å². The lowest BCUT2D eigenvalue weighted by atomic mass is 10.1. The minimum Gasteiger partial charge on any atom is -0.382 e. The Balaban J connectivity index is 1.93. The number of methoxy groups -OCH3 is 1. The van der Waals surface area contributed by atoms with Crippen LogP contribution in [0.3, 0.4) is 0 Å². The van der Waals surface area contributed by atoms with Crippen molar-refractivity contribution in [3.8, 4) is 0 Å². The first kappa shape index (κ1) is 13.3. The van der Waals surface area contributed by atoms with Crippen LogP contribution in [0.4, 0.5) is 10.1 Å². The highest BCUT2D eigenvalue weighted by atomic mass is 19.1. The molecule has 3 rings (SSSR count). The van der Waals surface area contributed by atoms with E-state index >= 15 is 0 Å². The predicted octanol–water partition coefficient (Wildman–Crippen LogP) is 3.66. The van der Waals surface area contributed by atoms with Crippen molar-refractivity contribution in [3.63, 3.8) is 0 Å². The first-order chi connectivity index (χ1) is 9.67. The molecule has 1 N–H and O–H groups in total. The lowest BCUT2D eigenvalue weighted by Gasteiger charge is -2.17. The molecule has 20 heavy (non-hydrogen) atoms. The van der Waals surface area contributed by atoms with E-state index in [0.717, 1.165) is 36.0 Å². The molecule has 106 valence electrons. The fraction of sp³-hybridized carbons (Fsp3) is 0.438. The number of nitrogens with one attached hydrogen (secondary N) is 1. The quantitative estimate of drug-likeness (QED) is 0.927. The average Bonchev–Trinajstić information content (AvgIpc) is 2.88. The molecule has 2 atom stereocenters. The largest absolute Gasteiger partial charge is 0.382 e. The molecule has 1 aliphatic carbocycles. The Morgan fingerprint density at radius 1 is 1.35 bits per heavy atom. The number of aromatic nitrogens is 1. The number of nitrogens with zero attached hydrogens (tertiary/aromatic N) is 1. The van der Waals surface area contributed by atoms with E-state index in [4.69, 9.17) is 4.74 Å². The van der Waals surface area contributed by atoms with Crippen molar-refractivity contribution in [1.29, 1.82) is 0 Å². The number of pyridine rings is 1. The van der Waals surface area contributed by atoms with Crippen LogP contribution < -0.4 is 5.32 Å². The molecule has 0 bridgehead atoms. The van der Waals surface area contributed by atoms with Crippen LogP contribution in [0, 0.1) is 12.7 Å². The summed E-state index contributed by atoms with van der Waals surface area (Å²) in [5, 5.41) is 4.37. The van der Waals surface area contributed by atoms with E-state index in [-0.39, 0.29) is 5.82 Å². The van der Waals surface area contributed by atoms with Crippen LogP contribution in [0.25, 0.3) is 10.9 Å². The predicted molar refractivity (Wildman–Crippen MR) is 78.5 cm³/mol. The maximum atomic E-state index is 13.9. The average molecular weight is 274 g/mol. The van der Waals surface area contributed by atoms with E-state index in [0.29, 0.717) is 17.7 Å². The van der Waals surface area contributed by atoms with Gasteiger partial charge in [0.25, 0.3) is 0 Å². The van der Waals surface area contributed by atoms with Crippen molar-refractivity contribution >= 4 is 16.6 Å². The molecule has 0 spiro atoms. The van der Waals surface area contributed by atoms with Crippen molar-refractivity contribution in [2.75, 3.05) is 12.4 Å². The molecular formula is C16H19FN2O. The van der Waals surface area contributed by atoms with Crippen LogP contribution in [-0.2, 0) is 4.74 Å². The number of para-hydroxylation sites is 1. The first-order valence-electron chi connectivity index (χ1n) is 7.02. The zero-order valence-electron chi connectivity index (χ0n) is 11.8. The standard InChI is InChI=1S/C16H19FN2O/c1-10-8-15(19-11-6-7-12(9-11)20-2)13-4-3-5-14(17)16(13)18-10/h3-5,8,11-12H,6-7,9H2,1-2H3,(H,18,19). The molecule has 0 radical (unpaired) electrons. The van der Waals surface area contributed by atoms with E-state index in [2.05, 4.69) is 10.3 Å². The van der Waals surface area contributed by atoms with Gasteiger partial charge in [0, 0.05) is 29.9 Å². The number of aryl methyl sites for hydroxylation is 1. The number of anilines is 1. The van der Waals surface area contributed by atoms with E-state index in [1.807, 2.05) is 19.1 Å². The van der Waals surface area contributed by atoms with E-state index in [1.165, 1.54) is 6.07 Å². The maximum Gasteiger partial charge on any atom is 0.149 e. The van der Waals surface area contributed by atoms with Crippen molar-refractivity contribution in [3.05, 3.63) is 35.8 Å². The van der Waals surface area contributed by atoms with Gasteiger partial charge in [-0.3, -0.25) is 0 Å². The molecule has 1 heterocycles. The van der Waals surface area contributed by atoms with Gasteiger partial charge in [-0.2, -0.15) is 0 Å². The van der Waals surface area contributed by atoms with Crippen LogP contribution in [0.15, 0.2) is 24.3 Å². The molecule has 2 unspecified atom stereocenters. The number of rotatable bonds is 3. The third kappa shape index (κ3) is 2.48. The molecule has 4 heteroatoms. The molecule has 2 aromatic rings. The Labute approximate surface area is 118 Å². The zero-order chi connectivity index (χ0) is 14.1. The topological polar surface area (TPSA) is 34.1 Å². The second kappa shape index (κ2) is 5.37. The SMILES string of the molecule is COC1CCC(Nc2cc(C)nc3c(F)cccc23)C1. The highest BCUT2D eigenvalue weighted by Crippen LogP contribution is 2.29. The van der Waals surface area contributed by atoms with Gasteiger partial charge in [-0.05, 0) is 38.3 Å². The number of benzene rings is 1. The molecule has 0 aliphatic heterocycles. The van der Waals surface area contributed by atoms with Gasteiger partial charge in [0.05, 0.1) is 6.10 Å². The molecule has 1 aromatic heterocycles. The van der Waals surface area contributed by atoms with Crippen LogP contribution in [0.5, 0.6) is 0 Å². The maximum absolute atomic E-state index is 13.9. The summed E-state index contributed by atoms with van der Waals surface area (Å²) in [4.78, 5) is 4.30. The number of hydrogen-bond donors (Lipinski definition) is 1. The molecule has 1 aliphatic rings. The summed E-state index contributed by atoms with van der Waals surface area (Å²) in [6.07, 6.45) is 3.48. The van der Waals surface area contributed by atoms with Crippen molar-refractivity contribution < 1.29 is 9.13 Å². The van der Waals surface area contributed by atoms with Gasteiger partial charge >= 0.3 is 0 Å². The second-order valence-electron chi connectivity index (χ2n) is 5.46. The van der Waals surface area contributed by atoms with Gasteiger partial charge < -0.3 is 10.1 Å². The second-order valence-corrected chi connectivity index (χ2v) is 5.46. The molecule has 1 saturated carbocycles. The molecular weight excluding hydrogens is 255 g/mol. The summed E-state index contributed by atoms with van der Waals surface area (Å²) in [7, 11) is 1.76. The Morgan fingerprint density at radius 3 is 2.95 bits per heavy atom. The van der Waals surface area contributed by atoms with Crippen LogP contribution in [-0.4, -0.2) is 24.2 Å². The monoisotopic (exact) mass is 274 g/mol. The summed E-state index contributed by atoms with van der Waals surface area (Å²) in [6.45, 7) is 1.89. The molecule has 0 amide bonds. The van der Waals surface area contributed by atoms with Gasteiger partial charge in [0.15, 0.2) is 0 Å². The summed E-state index contributed by atoms with van der Waals surface area (Å²) in [5.41, 5.74) is 2.23. The lowest BCUT2D eigenvalue weighted by Crippen LogP contribution is -2.17. The van der Waals surface area contributed by atoms with Gasteiger partial charge in [-0.15, -0.1) is 0 Å². The smallest absolute Gasteiger partial charge is 0.149 e. The molecule has 1 aromatic carbocycles. The molecule has 0 saturated heterocycles. The number of ether oxygens (including phenoxy) is 1. The lowest BCUT2D eigenvalue weighted by molar-refractivity contribution is 0.108. The van der Waals surface area contributed by atoms with E-state index in [9.17, 15) is 4.39 Å². The Morgan fingerprint density at radius 2 is 2.20 bits per heavy atom. The van der Waals surface area contributed by atoms with Crippen LogP contribution in [0.1, 0.15) is 25.0 Å². The third-order valence-corrected chi connectivity index (χ3v) is 4.00. The number of halogens is 1. The number of hydrogen-bond acceptors (Lipinski definition) is 3. The summed E-state index contributed by atoms with van der Waals surface area (Å²) in [6, 6.07) is 7.47. The summed E-state index contributed by atoms with van der Waals surface area (Å²) < 4.78 is 19.3. The van der Waals surface area contributed by atoms with E-state index < -0.39 is 0 Å². The van der Waals surface area contributed by atoms with Crippen molar-refractivity contribution in [1.82, 2.24) is 4.98 Å². The zero-order valence-corrected chi connectivity index (χ0v) is 11.8. The highest BCUT2D eigenvalue weighted by molar-refractivity contribution is 5.91. The van der Waals surface area contributed by atoms with Gasteiger partial charge in [-0.1, -0.05) is 12.1 Å². The fourth-order valence-corrected chi connectivity index (χ4v) is 2.97. The number of fused-ring (bicyclic) bond motifs is 1. The Kier molecular flexibility index (Phi) is 3.57. The van der Waals surface area contributed by atoms with Crippen molar-refractivity contribution in [2.45, 2.75) is 38.3 Å². The van der Waals surface area contributed by atoms with Crippen LogP contribution >= 0.6 is 0 Å².